The van der Waals surface area contributed by atoms with Crippen LogP contribution in [0.25, 0.3) is 0 Å². The number of alkyl halides is 3. The summed E-state index contributed by atoms with van der Waals surface area (Å²) >= 11 is 5.92. The first kappa shape index (κ1) is 18.8. The number of aromatic nitrogens is 2. The Morgan fingerprint density at radius 1 is 1.40 bits per heavy atom. The topological polar surface area (TPSA) is 65.7 Å². The molecule has 0 aliphatic carbocycles. The number of aryl methyl sites for hydroxylation is 2. The van der Waals surface area contributed by atoms with Gasteiger partial charge in [-0.05, 0) is 30.7 Å². The summed E-state index contributed by atoms with van der Waals surface area (Å²) in [6.45, 7) is 2.79. The molecule has 0 fully saturated rings. The Morgan fingerprint density at radius 3 is 2.64 bits per heavy atom. The normalized spacial score (nSPS) is 11.8. The van der Waals surface area contributed by atoms with Gasteiger partial charge >= 0.3 is 12.1 Å². The van der Waals surface area contributed by atoms with Gasteiger partial charge in [-0.1, -0.05) is 16.8 Å². The predicted octanol–water partition coefficient (Wildman–Crippen LogP) is 4.09. The van der Waals surface area contributed by atoms with E-state index in [2.05, 4.69) is 15.1 Å². The molecule has 0 spiro atoms. The number of carbonyl (C=O) groups is 1. The van der Waals surface area contributed by atoms with E-state index in [4.69, 9.17) is 16.3 Å². The molecule has 0 bridgehead atoms. The molecule has 0 radical (unpaired) electrons. The lowest BCUT2D eigenvalue weighted by molar-refractivity contribution is -0.141. The number of nitrogens with zero attached hydrogens (tertiary/aromatic N) is 3. The summed E-state index contributed by atoms with van der Waals surface area (Å²) in [6.07, 6.45) is -4.01. The Hall–Kier alpha value is -2.55. The molecule has 134 valence electrons. The molecule has 0 saturated carbocycles. The van der Waals surface area contributed by atoms with Crippen LogP contribution in [0.1, 0.15) is 23.7 Å². The van der Waals surface area contributed by atoms with E-state index >= 15 is 0 Å². The lowest BCUT2D eigenvalue weighted by Gasteiger charge is -2.08. The van der Waals surface area contributed by atoms with Crippen LogP contribution < -0.4 is 4.74 Å². The van der Waals surface area contributed by atoms with Gasteiger partial charge < -0.3 is 9.57 Å². The van der Waals surface area contributed by atoms with Crippen molar-refractivity contribution in [2.45, 2.75) is 20.0 Å². The Bertz CT molecular complexity index is 831. The average molecular weight is 376 g/mol. The summed E-state index contributed by atoms with van der Waals surface area (Å²) in [5.41, 5.74) is -0.997. The first-order valence-electron chi connectivity index (χ1n) is 6.88. The van der Waals surface area contributed by atoms with E-state index in [0.29, 0.717) is 10.6 Å². The number of rotatable bonds is 4. The highest BCUT2D eigenvalue weighted by Gasteiger charge is 2.39. The van der Waals surface area contributed by atoms with Crippen LogP contribution in [0, 0.1) is 6.92 Å². The SMILES string of the molecule is CC(=O)ON=Cc1c(C(F)(F)F)nn(C)c1Oc1ccc(Cl)c(C)c1. The summed E-state index contributed by atoms with van der Waals surface area (Å²) in [6, 6.07) is 4.62. The van der Waals surface area contributed by atoms with E-state index in [1.54, 1.807) is 19.1 Å². The van der Waals surface area contributed by atoms with Crippen molar-refractivity contribution in [3.05, 3.63) is 40.0 Å². The maximum absolute atomic E-state index is 13.2. The minimum Gasteiger partial charge on any atom is -0.439 e. The molecule has 0 atom stereocenters. The van der Waals surface area contributed by atoms with E-state index in [1.807, 2.05) is 0 Å². The number of halogens is 4. The van der Waals surface area contributed by atoms with E-state index in [0.717, 1.165) is 17.8 Å². The zero-order valence-corrected chi connectivity index (χ0v) is 14.1. The van der Waals surface area contributed by atoms with Gasteiger partial charge in [0.1, 0.15) is 5.75 Å². The largest absolute Gasteiger partial charge is 0.439 e. The minimum atomic E-state index is -4.74. The summed E-state index contributed by atoms with van der Waals surface area (Å²) < 4.78 is 45.9. The second-order valence-corrected chi connectivity index (χ2v) is 5.43. The Balaban J connectivity index is 2.48. The standard InChI is InChI=1S/C15H13ClF3N3O3/c1-8-6-10(4-5-12(8)16)24-14-11(7-20-25-9(2)23)13(15(17,18)19)21-22(14)3/h4-7H,1-3H3. The fraction of sp³-hybridized carbons (Fsp3) is 0.267. The van der Waals surface area contributed by atoms with Crippen LogP contribution in [0.15, 0.2) is 23.4 Å². The molecule has 2 aromatic rings. The highest BCUT2D eigenvalue weighted by atomic mass is 35.5. The van der Waals surface area contributed by atoms with Crippen molar-refractivity contribution < 1.29 is 27.5 Å². The molecule has 1 aromatic carbocycles. The molecule has 0 amide bonds. The lowest BCUT2D eigenvalue weighted by Crippen LogP contribution is -2.09. The van der Waals surface area contributed by atoms with Crippen molar-refractivity contribution >= 4 is 23.8 Å². The van der Waals surface area contributed by atoms with Crippen LogP contribution >= 0.6 is 11.6 Å². The number of hydrogen-bond acceptors (Lipinski definition) is 5. The van der Waals surface area contributed by atoms with Crippen LogP contribution in [0.3, 0.4) is 0 Å². The molecule has 25 heavy (non-hydrogen) atoms. The average Bonchev–Trinajstić information content (AvgIpc) is 2.80. The van der Waals surface area contributed by atoms with Crippen molar-refractivity contribution in [1.29, 1.82) is 0 Å². The molecule has 2 rings (SSSR count). The number of ether oxygens (including phenoxy) is 1. The highest BCUT2D eigenvalue weighted by Crippen LogP contribution is 2.36. The number of carbonyl (C=O) groups excluding carboxylic acids is 1. The van der Waals surface area contributed by atoms with Crippen LogP contribution in [-0.4, -0.2) is 22.0 Å². The quantitative estimate of drug-likeness (QED) is 0.458. The minimum absolute atomic E-state index is 0.218. The van der Waals surface area contributed by atoms with E-state index < -0.39 is 23.4 Å². The number of hydrogen-bond donors (Lipinski definition) is 0. The van der Waals surface area contributed by atoms with E-state index in [1.165, 1.54) is 13.1 Å². The van der Waals surface area contributed by atoms with Crippen molar-refractivity contribution in [3.63, 3.8) is 0 Å². The van der Waals surface area contributed by atoms with Crippen molar-refractivity contribution in [1.82, 2.24) is 9.78 Å². The molecular formula is C15H13ClF3N3O3. The van der Waals surface area contributed by atoms with Crippen LogP contribution in [0.2, 0.25) is 5.02 Å². The Labute approximate surface area is 145 Å². The van der Waals surface area contributed by atoms with Crippen LogP contribution in [-0.2, 0) is 22.9 Å². The van der Waals surface area contributed by atoms with Crippen molar-refractivity contribution in [2.24, 2.45) is 12.2 Å². The molecule has 0 N–H and O–H groups in total. The zero-order chi connectivity index (χ0) is 18.8. The van der Waals surface area contributed by atoms with Gasteiger partial charge in [0.05, 0.1) is 11.8 Å². The first-order valence-corrected chi connectivity index (χ1v) is 7.26. The molecule has 0 aliphatic rings. The molecule has 0 aliphatic heterocycles. The third kappa shape index (κ3) is 4.50. The molecule has 0 saturated heterocycles. The summed E-state index contributed by atoms with van der Waals surface area (Å²) in [7, 11) is 1.29. The third-order valence-corrected chi connectivity index (χ3v) is 3.43. The van der Waals surface area contributed by atoms with Crippen LogP contribution in [0.4, 0.5) is 13.2 Å². The molecular weight excluding hydrogens is 363 g/mol. The van der Waals surface area contributed by atoms with Crippen LogP contribution in [0.5, 0.6) is 11.6 Å². The van der Waals surface area contributed by atoms with Gasteiger partial charge in [-0.3, -0.25) is 0 Å². The highest BCUT2D eigenvalue weighted by molar-refractivity contribution is 6.31. The van der Waals surface area contributed by atoms with Gasteiger partial charge in [0.2, 0.25) is 5.88 Å². The Kier molecular flexibility index (Phi) is 5.36. The number of oxime groups is 1. The zero-order valence-electron chi connectivity index (χ0n) is 13.4. The van der Waals surface area contributed by atoms with Gasteiger partial charge in [0, 0.05) is 19.0 Å². The molecule has 0 unspecified atom stereocenters. The number of benzene rings is 1. The van der Waals surface area contributed by atoms with Crippen molar-refractivity contribution in [3.8, 4) is 11.6 Å². The fourth-order valence-corrected chi connectivity index (χ4v) is 2.03. The van der Waals surface area contributed by atoms with E-state index in [9.17, 15) is 18.0 Å². The fourth-order valence-electron chi connectivity index (χ4n) is 1.92. The molecule has 1 heterocycles. The van der Waals surface area contributed by atoms with Gasteiger partial charge in [-0.2, -0.15) is 18.3 Å². The summed E-state index contributed by atoms with van der Waals surface area (Å²) in [5.74, 6) is -0.727. The lowest BCUT2D eigenvalue weighted by atomic mass is 10.2. The third-order valence-electron chi connectivity index (χ3n) is 3.00. The second kappa shape index (κ2) is 7.14. The van der Waals surface area contributed by atoms with E-state index in [-0.39, 0.29) is 11.6 Å². The monoisotopic (exact) mass is 375 g/mol. The van der Waals surface area contributed by atoms with Gasteiger partial charge in [-0.25, -0.2) is 9.48 Å². The summed E-state index contributed by atoms with van der Waals surface area (Å²) in [4.78, 5) is 15.1. The second-order valence-electron chi connectivity index (χ2n) is 5.02. The first-order chi connectivity index (χ1) is 11.6. The van der Waals surface area contributed by atoms with Crippen molar-refractivity contribution in [2.75, 3.05) is 0 Å². The van der Waals surface area contributed by atoms with Gasteiger partial charge in [0.25, 0.3) is 0 Å². The maximum atomic E-state index is 13.2. The maximum Gasteiger partial charge on any atom is 0.435 e. The summed E-state index contributed by atoms with van der Waals surface area (Å²) in [5, 5.41) is 7.15. The Morgan fingerprint density at radius 2 is 2.08 bits per heavy atom. The molecule has 1 aromatic heterocycles. The van der Waals surface area contributed by atoms with Gasteiger partial charge in [-0.15, -0.1) is 0 Å². The smallest absolute Gasteiger partial charge is 0.435 e. The predicted molar refractivity (Wildman–Crippen MR) is 83.8 cm³/mol. The molecule has 10 heteroatoms. The van der Waals surface area contributed by atoms with Gasteiger partial charge in [0.15, 0.2) is 5.69 Å². The molecule has 6 nitrogen and oxygen atoms in total.